The molecule has 108 valence electrons. The van der Waals surface area contributed by atoms with Gasteiger partial charge in [0.15, 0.2) is 0 Å². The molecule has 0 saturated heterocycles. The number of nitrogens with two attached hydrogens (primary N) is 1. The Kier molecular flexibility index (Phi) is 4.49. The molecule has 1 aliphatic carbocycles. The molecule has 1 saturated carbocycles. The van der Waals surface area contributed by atoms with Crippen LogP contribution in [0.4, 0.5) is 5.69 Å². The average Bonchev–Trinajstić information content (AvgIpc) is 2.95. The molecule has 7 nitrogen and oxygen atoms in total. The van der Waals surface area contributed by atoms with Crippen LogP contribution in [0.25, 0.3) is 0 Å². The maximum Gasteiger partial charge on any atom is 0.308 e. The molecule has 1 fully saturated rings. The topological polar surface area (TPSA) is 94.9 Å². The number of aliphatic imine (C=N–C) groups is 2. The van der Waals surface area contributed by atoms with Gasteiger partial charge in [0.25, 0.3) is 0 Å². The highest BCUT2D eigenvalue weighted by Crippen LogP contribution is 2.33. The van der Waals surface area contributed by atoms with Crippen molar-refractivity contribution >= 4 is 24.3 Å². The van der Waals surface area contributed by atoms with Crippen LogP contribution in [0.15, 0.2) is 22.4 Å². The number of ether oxygens (including phenoxy) is 1. The van der Waals surface area contributed by atoms with E-state index in [4.69, 9.17) is 10.5 Å². The van der Waals surface area contributed by atoms with Crippen LogP contribution >= 0.6 is 0 Å². The number of carbonyl (C=O) groups excluding carboxylic acids is 1. The van der Waals surface area contributed by atoms with E-state index in [9.17, 15) is 4.79 Å². The van der Waals surface area contributed by atoms with E-state index in [0.29, 0.717) is 5.69 Å². The molecule has 2 rings (SSSR count). The number of guanidine groups is 1. The van der Waals surface area contributed by atoms with Gasteiger partial charge in [0.1, 0.15) is 5.69 Å². The third-order valence-corrected chi connectivity index (χ3v) is 3.60. The van der Waals surface area contributed by atoms with Crippen molar-refractivity contribution < 1.29 is 9.53 Å². The zero-order chi connectivity index (χ0) is 14.5. The maximum absolute atomic E-state index is 11.5. The first kappa shape index (κ1) is 14.2. The van der Waals surface area contributed by atoms with Gasteiger partial charge in [-0.15, -0.1) is 0 Å². The molecule has 0 amide bonds. The van der Waals surface area contributed by atoms with Crippen molar-refractivity contribution in [2.75, 3.05) is 7.11 Å². The van der Waals surface area contributed by atoms with Crippen molar-refractivity contribution in [2.24, 2.45) is 21.6 Å². The van der Waals surface area contributed by atoms with Crippen LogP contribution in [-0.2, 0) is 9.53 Å². The molecule has 0 unspecified atom stereocenters. The monoisotopic (exact) mass is 277 g/mol. The van der Waals surface area contributed by atoms with Gasteiger partial charge < -0.3 is 10.5 Å². The van der Waals surface area contributed by atoms with Gasteiger partial charge in [-0.25, -0.2) is 9.98 Å². The standard InChI is InChI=1S/C13H19N5O2/c1-15-13(14)17-10-7-16-18(8-10)11-5-3-9(4-6-11)12(19)20-2/h7-9,11H,1,3-6H2,2H3,(H2,14,17). The third-order valence-electron chi connectivity index (χ3n) is 3.60. The second-order valence-electron chi connectivity index (χ2n) is 4.84. The Morgan fingerprint density at radius 1 is 1.50 bits per heavy atom. The van der Waals surface area contributed by atoms with E-state index < -0.39 is 0 Å². The predicted octanol–water partition coefficient (Wildman–Crippen LogP) is 1.43. The number of nitrogens with zero attached hydrogens (tertiary/aromatic N) is 4. The van der Waals surface area contributed by atoms with E-state index in [1.807, 2.05) is 10.9 Å². The van der Waals surface area contributed by atoms with Crippen LogP contribution in [0.1, 0.15) is 31.7 Å². The van der Waals surface area contributed by atoms with Gasteiger partial charge in [-0.1, -0.05) is 0 Å². The molecule has 0 aliphatic heterocycles. The minimum Gasteiger partial charge on any atom is -0.469 e. The second kappa shape index (κ2) is 6.31. The molecule has 1 aromatic heterocycles. The number of carbonyl (C=O) groups is 1. The van der Waals surface area contributed by atoms with Crippen LogP contribution in [0.2, 0.25) is 0 Å². The van der Waals surface area contributed by atoms with Gasteiger partial charge in [0.05, 0.1) is 31.5 Å². The Morgan fingerprint density at radius 3 is 2.80 bits per heavy atom. The number of esters is 1. The highest BCUT2D eigenvalue weighted by atomic mass is 16.5. The molecular weight excluding hydrogens is 258 g/mol. The molecule has 7 heteroatoms. The molecule has 0 spiro atoms. The zero-order valence-corrected chi connectivity index (χ0v) is 11.5. The Labute approximate surface area is 117 Å². The summed E-state index contributed by atoms with van der Waals surface area (Å²) in [5, 5.41) is 4.29. The molecular formula is C13H19N5O2. The van der Waals surface area contributed by atoms with Crippen molar-refractivity contribution in [3.63, 3.8) is 0 Å². The Balaban J connectivity index is 1.97. The van der Waals surface area contributed by atoms with Crippen LogP contribution in [-0.4, -0.2) is 35.5 Å². The lowest BCUT2D eigenvalue weighted by Gasteiger charge is -2.26. The average molecular weight is 277 g/mol. The van der Waals surface area contributed by atoms with E-state index >= 15 is 0 Å². The first-order chi connectivity index (χ1) is 9.63. The molecule has 0 atom stereocenters. The van der Waals surface area contributed by atoms with Gasteiger partial charge in [0, 0.05) is 0 Å². The van der Waals surface area contributed by atoms with Crippen LogP contribution in [0.3, 0.4) is 0 Å². The summed E-state index contributed by atoms with van der Waals surface area (Å²) in [6, 6.07) is 0.290. The van der Waals surface area contributed by atoms with Gasteiger partial charge in [-0.05, 0) is 32.4 Å². The number of rotatable bonds is 3. The minimum absolute atomic E-state index is 0.0184. The van der Waals surface area contributed by atoms with Gasteiger partial charge in [-0.2, -0.15) is 5.10 Å². The molecule has 1 aromatic rings. The van der Waals surface area contributed by atoms with E-state index in [1.165, 1.54) is 7.11 Å². The molecule has 0 bridgehead atoms. The fourth-order valence-electron chi connectivity index (χ4n) is 2.50. The number of hydrogen-bond acceptors (Lipinski definition) is 4. The van der Waals surface area contributed by atoms with E-state index in [-0.39, 0.29) is 23.9 Å². The largest absolute Gasteiger partial charge is 0.469 e. The summed E-state index contributed by atoms with van der Waals surface area (Å²) in [6.45, 7) is 3.31. The first-order valence-electron chi connectivity index (χ1n) is 6.57. The Bertz CT molecular complexity index is 515. The molecule has 20 heavy (non-hydrogen) atoms. The molecule has 0 aromatic carbocycles. The minimum atomic E-state index is -0.112. The lowest BCUT2D eigenvalue weighted by atomic mass is 9.86. The second-order valence-corrected chi connectivity index (χ2v) is 4.84. The van der Waals surface area contributed by atoms with Crippen molar-refractivity contribution in [1.29, 1.82) is 0 Å². The summed E-state index contributed by atoms with van der Waals surface area (Å²) < 4.78 is 6.66. The third kappa shape index (κ3) is 3.23. The maximum atomic E-state index is 11.5. The van der Waals surface area contributed by atoms with Crippen molar-refractivity contribution in [3.05, 3.63) is 12.4 Å². The highest BCUT2D eigenvalue weighted by molar-refractivity contribution is 5.84. The summed E-state index contributed by atoms with van der Waals surface area (Å²) in [7, 11) is 1.43. The van der Waals surface area contributed by atoms with E-state index in [1.54, 1.807) is 6.20 Å². The van der Waals surface area contributed by atoms with E-state index in [0.717, 1.165) is 25.7 Å². The zero-order valence-electron chi connectivity index (χ0n) is 11.5. The molecule has 1 heterocycles. The van der Waals surface area contributed by atoms with Crippen LogP contribution in [0, 0.1) is 5.92 Å². The first-order valence-corrected chi connectivity index (χ1v) is 6.57. The summed E-state index contributed by atoms with van der Waals surface area (Å²) in [5.74, 6) is 0.0305. The Morgan fingerprint density at radius 2 is 2.20 bits per heavy atom. The Hall–Kier alpha value is -2.18. The molecule has 0 radical (unpaired) electrons. The van der Waals surface area contributed by atoms with Crippen molar-refractivity contribution in [2.45, 2.75) is 31.7 Å². The molecule has 1 aliphatic rings. The SMILES string of the molecule is C=NC(N)=Nc1cnn(C2CCC(C(=O)OC)CC2)c1. The van der Waals surface area contributed by atoms with E-state index in [2.05, 4.69) is 21.8 Å². The van der Waals surface area contributed by atoms with Crippen molar-refractivity contribution in [3.8, 4) is 0 Å². The van der Waals surface area contributed by atoms with Gasteiger partial charge in [-0.3, -0.25) is 9.48 Å². The summed E-state index contributed by atoms with van der Waals surface area (Å²) in [6.07, 6.45) is 6.93. The fourth-order valence-corrected chi connectivity index (χ4v) is 2.50. The fraction of sp³-hybridized carbons (Fsp3) is 0.538. The predicted molar refractivity (Wildman–Crippen MR) is 76.1 cm³/mol. The normalized spacial score (nSPS) is 23.4. The summed E-state index contributed by atoms with van der Waals surface area (Å²) >= 11 is 0. The smallest absolute Gasteiger partial charge is 0.308 e. The van der Waals surface area contributed by atoms with Crippen molar-refractivity contribution in [1.82, 2.24) is 9.78 Å². The number of aromatic nitrogens is 2. The van der Waals surface area contributed by atoms with Crippen LogP contribution < -0.4 is 5.73 Å². The lowest BCUT2D eigenvalue weighted by molar-refractivity contribution is -0.146. The molecule has 2 N–H and O–H groups in total. The quantitative estimate of drug-likeness (QED) is 0.513. The van der Waals surface area contributed by atoms with Gasteiger partial charge >= 0.3 is 5.97 Å². The lowest BCUT2D eigenvalue weighted by Crippen LogP contribution is -2.24. The summed E-state index contributed by atoms with van der Waals surface area (Å²) in [4.78, 5) is 19.1. The van der Waals surface area contributed by atoms with Gasteiger partial charge in [0.2, 0.25) is 5.96 Å². The van der Waals surface area contributed by atoms with Crippen LogP contribution in [0.5, 0.6) is 0 Å². The number of hydrogen-bond donors (Lipinski definition) is 1. The highest BCUT2D eigenvalue weighted by Gasteiger charge is 2.27. The summed E-state index contributed by atoms with van der Waals surface area (Å²) in [5.41, 5.74) is 6.15. The number of methoxy groups -OCH3 is 1.